The van der Waals surface area contributed by atoms with Gasteiger partial charge in [-0.15, -0.1) is 0 Å². The Morgan fingerprint density at radius 2 is 2.25 bits per heavy atom. The standard InChI is InChI=1S/C14H23N3O2S/c1-5-11(9-20-4)17(3)13-12(14(18)19-6-2)7-10(15)8-16-13/h7-8,11H,5-6,9,15H2,1-4H3. The van der Waals surface area contributed by atoms with E-state index in [1.165, 1.54) is 0 Å². The first-order valence-electron chi connectivity index (χ1n) is 6.69. The molecule has 0 fully saturated rings. The minimum atomic E-state index is -0.381. The summed E-state index contributed by atoms with van der Waals surface area (Å²) < 4.78 is 5.08. The van der Waals surface area contributed by atoms with Crippen LogP contribution in [0.25, 0.3) is 0 Å². The summed E-state index contributed by atoms with van der Waals surface area (Å²) in [6, 6.07) is 1.94. The molecule has 0 aromatic carbocycles. The molecule has 0 radical (unpaired) electrons. The molecular formula is C14H23N3O2S. The van der Waals surface area contributed by atoms with Gasteiger partial charge in [0.15, 0.2) is 0 Å². The number of rotatable bonds is 7. The summed E-state index contributed by atoms with van der Waals surface area (Å²) >= 11 is 1.77. The van der Waals surface area contributed by atoms with E-state index in [4.69, 9.17) is 10.5 Å². The molecule has 1 aromatic heterocycles. The summed E-state index contributed by atoms with van der Waals surface area (Å²) in [5.74, 6) is 1.22. The fourth-order valence-electron chi connectivity index (χ4n) is 1.98. The van der Waals surface area contributed by atoms with E-state index < -0.39 is 0 Å². The Bertz CT molecular complexity index is 454. The highest BCUT2D eigenvalue weighted by atomic mass is 32.2. The van der Waals surface area contributed by atoms with Crippen LogP contribution in [0.2, 0.25) is 0 Å². The fraction of sp³-hybridized carbons (Fsp3) is 0.571. The Morgan fingerprint density at radius 1 is 1.55 bits per heavy atom. The van der Waals surface area contributed by atoms with Gasteiger partial charge in [0.05, 0.1) is 18.5 Å². The summed E-state index contributed by atoms with van der Waals surface area (Å²) in [5, 5.41) is 0. The predicted molar refractivity (Wildman–Crippen MR) is 85.5 cm³/mol. The minimum Gasteiger partial charge on any atom is -0.462 e. The molecule has 1 unspecified atom stereocenters. The van der Waals surface area contributed by atoms with Gasteiger partial charge in [0.25, 0.3) is 0 Å². The largest absolute Gasteiger partial charge is 0.462 e. The zero-order valence-electron chi connectivity index (χ0n) is 12.5. The van der Waals surface area contributed by atoms with Crippen LogP contribution in [0.5, 0.6) is 0 Å². The molecule has 1 heterocycles. The number of hydrogen-bond donors (Lipinski definition) is 1. The highest BCUT2D eigenvalue weighted by molar-refractivity contribution is 7.98. The number of carbonyl (C=O) groups is 1. The fourth-order valence-corrected chi connectivity index (χ4v) is 2.83. The van der Waals surface area contributed by atoms with Crippen molar-refractivity contribution in [3.05, 3.63) is 17.8 Å². The van der Waals surface area contributed by atoms with Crippen molar-refractivity contribution in [3.8, 4) is 0 Å². The molecule has 0 amide bonds. The first-order chi connectivity index (χ1) is 9.54. The van der Waals surface area contributed by atoms with Gasteiger partial charge in [-0.3, -0.25) is 0 Å². The van der Waals surface area contributed by atoms with E-state index >= 15 is 0 Å². The van der Waals surface area contributed by atoms with Crippen molar-refractivity contribution in [2.75, 3.05) is 36.3 Å². The van der Waals surface area contributed by atoms with Crippen LogP contribution in [0, 0.1) is 0 Å². The van der Waals surface area contributed by atoms with Crippen molar-refractivity contribution in [2.24, 2.45) is 0 Å². The number of nitrogens with two attached hydrogens (primary N) is 1. The first-order valence-corrected chi connectivity index (χ1v) is 8.08. The number of thioether (sulfide) groups is 1. The van der Waals surface area contributed by atoms with Gasteiger partial charge in [0.2, 0.25) is 0 Å². The van der Waals surface area contributed by atoms with E-state index in [0.717, 1.165) is 12.2 Å². The van der Waals surface area contributed by atoms with E-state index in [-0.39, 0.29) is 5.97 Å². The van der Waals surface area contributed by atoms with Gasteiger partial charge >= 0.3 is 5.97 Å². The van der Waals surface area contributed by atoms with Crippen LogP contribution < -0.4 is 10.6 Å². The number of esters is 1. The molecule has 0 aliphatic rings. The second kappa shape index (κ2) is 7.99. The van der Waals surface area contributed by atoms with E-state index in [9.17, 15) is 4.79 Å². The molecule has 5 nitrogen and oxygen atoms in total. The number of anilines is 2. The van der Waals surface area contributed by atoms with Crippen LogP contribution in [0.15, 0.2) is 12.3 Å². The number of hydrogen-bond acceptors (Lipinski definition) is 6. The molecule has 0 spiro atoms. The van der Waals surface area contributed by atoms with Gasteiger partial charge in [-0.05, 0) is 25.7 Å². The smallest absolute Gasteiger partial charge is 0.341 e. The van der Waals surface area contributed by atoms with Crippen LogP contribution >= 0.6 is 11.8 Å². The molecule has 2 N–H and O–H groups in total. The van der Waals surface area contributed by atoms with E-state index in [2.05, 4.69) is 18.2 Å². The third-order valence-electron chi connectivity index (χ3n) is 3.10. The summed E-state index contributed by atoms with van der Waals surface area (Å²) in [6.45, 7) is 4.24. The van der Waals surface area contributed by atoms with Crippen molar-refractivity contribution in [3.63, 3.8) is 0 Å². The molecule has 1 aromatic rings. The third kappa shape index (κ3) is 4.03. The summed E-state index contributed by atoms with van der Waals surface area (Å²) in [5.41, 5.74) is 6.62. The maximum Gasteiger partial charge on any atom is 0.341 e. The molecule has 0 saturated heterocycles. The molecule has 0 aliphatic heterocycles. The second-order valence-electron chi connectivity index (χ2n) is 4.49. The second-order valence-corrected chi connectivity index (χ2v) is 5.40. The normalized spacial score (nSPS) is 12.0. The highest BCUT2D eigenvalue weighted by Crippen LogP contribution is 2.23. The number of aromatic nitrogens is 1. The van der Waals surface area contributed by atoms with Crippen LogP contribution in [0.4, 0.5) is 11.5 Å². The third-order valence-corrected chi connectivity index (χ3v) is 3.81. The average molecular weight is 297 g/mol. The summed E-state index contributed by atoms with van der Waals surface area (Å²) in [7, 11) is 1.95. The Balaban J connectivity index is 3.12. The Morgan fingerprint density at radius 3 is 2.80 bits per heavy atom. The number of pyridine rings is 1. The van der Waals surface area contributed by atoms with Crippen LogP contribution in [0.1, 0.15) is 30.6 Å². The van der Waals surface area contributed by atoms with Gasteiger partial charge in [0.1, 0.15) is 11.4 Å². The van der Waals surface area contributed by atoms with E-state index in [1.807, 2.05) is 11.9 Å². The zero-order chi connectivity index (χ0) is 15.1. The maximum atomic E-state index is 12.0. The lowest BCUT2D eigenvalue weighted by Crippen LogP contribution is -2.35. The first kappa shape index (κ1) is 16.6. The van der Waals surface area contributed by atoms with Gasteiger partial charge < -0.3 is 15.4 Å². The molecule has 1 atom stereocenters. The number of ether oxygens (including phenoxy) is 1. The zero-order valence-corrected chi connectivity index (χ0v) is 13.4. The van der Waals surface area contributed by atoms with E-state index in [0.29, 0.717) is 29.7 Å². The molecule has 0 aliphatic carbocycles. The SMILES string of the molecule is CCOC(=O)c1cc(N)cnc1N(C)C(CC)CSC. The molecular weight excluding hydrogens is 274 g/mol. The number of nitrogen functional groups attached to an aromatic ring is 1. The molecule has 6 heteroatoms. The maximum absolute atomic E-state index is 12.0. The molecule has 0 bridgehead atoms. The van der Waals surface area contributed by atoms with Crippen molar-refractivity contribution in [1.29, 1.82) is 0 Å². The average Bonchev–Trinajstić information content (AvgIpc) is 2.44. The monoisotopic (exact) mass is 297 g/mol. The van der Waals surface area contributed by atoms with Crippen molar-refractivity contribution >= 4 is 29.2 Å². The van der Waals surface area contributed by atoms with Gasteiger partial charge in [0, 0.05) is 18.8 Å². The Kier molecular flexibility index (Phi) is 6.64. The minimum absolute atomic E-state index is 0.314. The van der Waals surface area contributed by atoms with Crippen molar-refractivity contribution in [1.82, 2.24) is 4.98 Å². The number of carbonyl (C=O) groups excluding carboxylic acids is 1. The van der Waals surface area contributed by atoms with Gasteiger partial charge in [-0.1, -0.05) is 6.92 Å². The highest BCUT2D eigenvalue weighted by Gasteiger charge is 2.21. The quantitative estimate of drug-likeness (QED) is 0.780. The van der Waals surface area contributed by atoms with Crippen LogP contribution in [-0.2, 0) is 4.74 Å². The van der Waals surface area contributed by atoms with Crippen molar-refractivity contribution in [2.45, 2.75) is 26.3 Å². The molecule has 20 heavy (non-hydrogen) atoms. The molecule has 1 rings (SSSR count). The van der Waals surface area contributed by atoms with Crippen molar-refractivity contribution < 1.29 is 9.53 Å². The summed E-state index contributed by atoms with van der Waals surface area (Å²) in [6.07, 6.45) is 4.62. The topological polar surface area (TPSA) is 68.5 Å². The van der Waals surface area contributed by atoms with Gasteiger partial charge in [-0.25, -0.2) is 9.78 Å². The Hall–Kier alpha value is -1.43. The van der Waals surface area contributed by atoms with Crippen LogP contribution in [-0.4, -0.2) is 42.7 Å². The van der Waals surface area contributed by atoms with E-state index in [1.54, 1.807) is 30.9 Å². The number of nitrogens with zero attached hydrogens (tertiary/aromatic N) is 2. The lowest BCUT2D eigenvalue weighted by molar-refractivity contribution is 0.0526. The summed E-state index contributed by atoms with van der Waals surface area (Å²) in [4.78, 5) is 18.4. The Labute approximate surface area is 124 Å². The predicted octanol–water partition coefficient (Wildman–Crippen LogP) is 2.42. The van der Waals surface area contributed by atoms with Gasteiger partial charge in [-0.2, -0.15) is 11.8 Å². The van der Waals surface area contributed by atoms with Crippen LogP contribution in [0.3, 0.4) is 0 Å². The molecule has 112 valence electrons. The molecule has 0 saturated carbocycles. The lowest BCUT2D eigenvalue weighted by Gasteiger charge is -2.29. The lowest BCUT2D eigenvalue weighted by atomic mass is 10.2.